The zero-order valence-electron chi connectivity index (χ0n) is 7.38. The molecule has 0 bridgehead atoms. The van der Waals surface area contributed by atoms with E-state index in [1.54, 1.807) is 6.08 Å². The molecule has 0 aliphatic rings. The fourth-order valence-corrected chi connectivity index (χ4v) is 0.824. The van der Waals surface area contributed by atoms with E-state index >= 15 is 0 Å². The Hall–Kier alpha value is -1.04. The first-order valence-corrected chi connectivity index (χ1v) is 3.84. The second-order valence-electron chi connectivity index (χ2n) is 2.43. The average Bonchev–Trinajstić information content (AvgIpc) is 2.03. The number of hydrogen-bond donors (Lipinski definition) is 0. The topological polar surface area (TPSA) is 0 Å². The zero-order valence-corrected chi connectivity index (χ0v) is 7.38. The van der Waals surface area contributed by atoms with Crippen molar-refractivity contribution in [2.24, 2.45) is 5.92 Å². The lowest BCUT2D eigenvalue weighted by molar-refractivity contribution is 0.894. The molecule has 0 N–H and O–H groups in total. The van der Waals surface area contributed by atoms with E-state index in [9.17, 15) is 0 Å². The molecule has 60 valence electrons. The lowest BCUT2D eigenvalue weighted by Crippen LogP contribution is -1.90. The molecule has 0 nitrogen and oxygen atoms in total. The van der Waals surface area contributed by atoms with Crippen molar-refractivity contribution in [3.63, 3.8) is 0 Å². The van der Waals surface area contributed by atoms with Gasteiger partial charge in [0.25, 0.3) is 0 Å². The van der Waals surface area contributed by atoms with Crippen LogP contribution in [0.15, 0.2) is 49.1 Å². The molecule has 0 saturated heterocycles. The van der Waals surface area contributed by atoms with Gasteiger partial charge < -0.3 is 0 Å². The lowest BCUT2D eigenvalue weighted by atomic mass is 10.0. The standard InChI is InChI=1S/C11H16/c1-5-8-11(9-6-2)10(4)7-3/h5-10H,1,3H2,2,4H3/b9-6-,11-8+. The van der Waals surface area contributed by atoms with Crippen molar-refractivity contribution in [2.75, 3.05) is 0 Å². The Bertz CT molecular complexity index is 182. The van der Waals surface area contributed by atoms with Crippen molar-refractivity contribution in [1.82, 2.24) is 0 Å². The maximum atomic E-state index is 3.74. The Kier molecular flexibility index (Phi) is 5.18. The summed E-state index contributed by atoms with van der Waals surface area (Å²) >= 11 is 0. The fourth-order valence-electron chi connectivity index (χ4n) is 0.824. The Morgan fingerprint density at radius 3 is 2.36 bits per heavy atom. The molecule has 0 aromatic rings. The van der Waals surface area contributed by atoms with Crippen LogP contribution in [0.4, 0.5) is 0 Å². The highest BCUT2D eigenvalue weighted by Crippen LogP contribution is 2.12. The van der Waals surface area contributed by atoms with Crippen molar-refractivity contribution in [3.05, 3.63) is 49.1 Å². The maximum absolute atomic E-state index is 3.74. The predicted molar refractivity (Wildman–Crippen MR) is 52.5 cm³/mol. The van der Waals surface area contributed by atoms with Crippen LogP contribution in [-0.4, -0.2) is 0 Å². The zero-order chi connectivity index (χ0) is 8.69. The molecule has 0 heterocycles. The molecule has 0 aromatic carbocycles. The number of rotatable bonds is 4. The molecule has 0 fully saturated rings. The summed E-state index contributed by atoms with van der Waals surface area (Å²) in [6.45, 7) is 11.5. The lowest BCUT2D eigenvalue weighted by Gasteiger charge is -2.05. The summed E-state index contributed by atoms with van der Waals surface area (Å²) in [5.41, 5.74) is 1.25. The molecule has 0 radical (unpaired) electrons. The van der Waals surface area contributed by atoms with Crippen LogP contribution in [0.5, 0.6) is 0 Å². The minimum absolute atomic E-state index is 0.407. The Labute approximate surface area is 69.6 Å². The fraction of sp³-hybridized carbons (Fsp3) is 0.273. The van der Waals surface area contributed by atoms with E-state index in [0.29, 0.717) is 5.92 Å². The molecular formula is C11H16. The largest absolute Gasteiger partial charge is 0.102 e. The highest BCUT2D eigenvalue weighted by Gasteiger charge is 1.97. The van der Waals surface area contributed by atoms with Gasteiger partial charge in [-0.1, -0.05) is 43.9 Å². The van der Waals surface area contributed by atoms with Crippen molar-refractivity contribution in [1.29, 1.82) is 0 Å². The number of allylic oxidation sites excluding steroid dienone is 6. The van der Waals surface area contributed by atoms with Crippen LogP contribution in [-0.2, 0) is 0 Å². The highest BCUT2D eigenvalue weighted by molar-refractivity contribution is 5.27. The first kappa shape index (κ1) is 9.96. The SMILES string of the molecule is C=C/C=C(\C=C/C)C(C)C=C. The summed E-state index contributed by atoms with van der Waals surface area (Å²) in [4.78, 5) is 0. The third-order valence-corrected chi connectivity index (χ3v) is 1.55. The first-order valence-electron chi connectivity index (χ1n) is 3.84. The van der Waals surface area contributed by atoms with Crippen LogP contribution in [0.3, 0.4) is 0 Å². The van der Waals surface area contributed by atoms with Crippen LogP contribution in [0.1, 0.15) is 13.8 Å². The summed E-state index contributed by atoms with van der Waals surface area (Å²) in [5.74, 6) is 0.407. The summed E-state index contributed by atoms with van der Waals surface area (Å²) in [6, 6.07) is 0. The minimum atomic E-state index is 0.407. The van der Waals surface area contributed by atoms with Crippen LogP contribution in [0.2, 0.25) is 0 Å². The second-order valence-corrected chi connectivity index (χ2v) is 2.43. The van der Waals surface area contributed by atoms with E-state index in [1.165, 1.54) is 5.57 Å². The molecule has 1 atom stereocenters. The molecule has 0 rings (SSSR count). The monoisotopic (exact) mass is 148 g/mol. The third-order valence-electron chi connectivity index (χ3n) is 1.55. The summed E-state index contributed by atoms with van der Waals surface area (Å²) in [6.07, 6.45) is 9.83. The van der Waals surface area contributed by atoms with Gasteiger partial charge in [0.1, 0.15) is 0 Å². The van der Waals surface area contributed by atoms with Gasteiger partial charge in [-0.2, -0.15) is 0 Å². The van der Waals surface area contributed by atoms with Crippen molar-refractivity contribution >= 4 is 0 Å². The first-order chi connectivity index (χ1) is 5.26. The third kappa shape index (κ3) is 3.61. The van der Waals surface area contributed by atoms with E-state index in [4.69, 9.17) is 0 Å². The van der Waals surface area contributed by atoms with Gasteiger partial charge >= 0.3 is 0 Å². The van der Waals surface area contributed by atoms with Crippen molar-refractivity contribution in [2.45, 2.75) is 13.8 Å². The van der Waals surface area contributed by atoms with Gasteiger partial charge in [-0.05, 0) is 18.4 Å². The van der Waals surface area contributed by atoms with Gasteiger partial charge in [-0.15, -0.1) is 6.58 Å². The molecule has 0 saturated carbocycles. The molecule has 0 amide bonds. The van der Waals surface area contributed by atoms with Gasteiger partial charge in [-0.3, -0.25) is 0 Å². The van der Waals surface area contributed by atoms with Gasteiger partial charge in [0.15, 0.2) is 0 Å². The molecule has 1 unspecified atom stereocenters. The Morgan fingerprint density at radius 1 is 1.36 bits per heavy atom. The van der Waals surface area contributed by atoms with E-state index in [1.807, 2.05) is 25.2 Å². The molecule has 0 heteroatoms. The van der Waals surface area contributed by atoms with Gasteiger partial charge in [0, 0.05) is 0 Å². The van der Waals surface area contributed by atoms with E-state index in [-0.39, 0.29) is 0 Å². The van der Waals surface area contributed by atoms with Gasteiger partial charge in [-0.25, -0.2) is 0 Å². The van der Waals surface area contributed by atoms with Crippen molar-refractivity contribution < 1.29 is 0 Å². The van der Waals surface area contributed by atoms with Crippen LogP contribution >= 0.6 is 0 Å². The number of hydrogen-bond acceptors (Lipinski definition) is 0. The average molecular weight is 148 g/mol. The quantitative estimate of drug-likeness (QED) is 0.423. The van der Waals surface area contributed by atoms with Crippen LogP contribution < -0.4 is 0 Å². The highest BCUT2D eigenvalue weighted by atomic mass is 14.0. The van der Waals surface area contributed by atoms with E-state index < -0.39 is 0 Å². The Balaban J connectivity index is 4.45. The summed E-state index contributed by atoms with van der Waals surface area (Å²) in [7, 11) is 0. The maximum Gasteiger partial charge on any atom is -0.00132 e. The second kappa shape index (κ2) is 5.72. The van der Waals surface area contributed by atoms with E-state index in [2.05, 4.69) is 26.2 Å². The van der Waals surface area contributed by atoms with Gasteiger partial charge in [0.05, 0.1) is 0 Å². The normalized spacial score (nSPS) is 14.9. The molecule has 0 spiro atoms. The predicted octanol–water partition coefficient (Wildman–Crippen LogP) is 3.50. The van der Waals surface area contributed by atoms with Crippen LogP contribution in [0.25, 0.3) is 0 Å². The molecule has 0 aliphatic carbocycles. The summed E-state index contributed by atoms with van der Waals surface area (Å²) < 4.78 is 0. The molecule has 11 heavy (non-hydrogen) atoms. The summed E-state index contributed by atoms with van der Waals surface area (Å²) in [5, 5.41) is 0. The van der Waals surface area contributed by atoms with Gasteiger partial charge in [0.2, 0.25) is 0 Å². The van der Waals surface area contributed by atoms with Crippen molar-refractivity contribution in [3.8, 4) is 0 Å². The Morgan fingerprint density at radius 2 is 2.00 bits per heavy atom. The minimum Gasteiger partial charge on any atom is -0.102 e. The smallest absolute Gasteiger partial charge is 0.00132 e. The van der Waals surface area contributed by atoms with Crippen LogP contribution in [0, 0.1) is 5.92 Å². The molecular weight excluding hydrogens is 132 g/mol. The molecule has 0 aliphatic heterocycles. The molecule has 0 aromatic heterocycles. The van der Waals surface area contributed by atoms with E-state index in [0.717, 1.165) is 0 Å².